The minimum atomic E-state index is -5.06. The topological polar surface area (TPSA) is 77.3 Å². The van der Waals surface area contributed by atoms with Gasteiger partial charge in [0, 0.05) is 22.7 Å². The Balaban J connectivity index is 2.74. The Morgan fingerprint density at radius 2 is 1.82 bits per heavy atom. The van der Waals surface area contributed by atoms with E-state index in [2.05, 4.69) is 9.72 Å². The summed E-state index contributed by atoms with van der Waals surface area (Å²) in [6.45, 7) is 11.3. The van der Waals surface area contributed by atoms with Crippen LogP contribution in [0.3, 0.4) is 0 Å². The first-order valence-electron chi connectivity index (χ1n) is 8.99. The Morgan fingerprint density at radius 3 is 2.32 bits per heavy atom. The van der Waals surface area contributed by atoms with Crippen molar-refractivity contribution in [2.45, 2.75) is 57.5 Å². The van der Waals surface area contributed by atoms with E-state index in [4.69, 9.17) is 10.2 Å². The lowest BCUT2D eigenvalue weighted by Crippen LogP contribution is -2.57. The second-order valence-electron chi connectivity index (χ2n) is 8.27. The Kier molecular flexibility index (Phi) is 5.66. The van der Waals surface area contributed by atoms with Crippen molar-refractivity contribution in [3.8, 4) is 5.75 Å². The van der Waals surface area contributed by atoms with Crippen LogP contribution < -0.4 is 10.2 Å². The van der Waals surface area contributed by atoms with Crippen molar-refractivity contribution < 1.29 is 27.1 Å². The molecule has 0 unspecified atom stereocenters. The minimum absolute atomic E-state index is 0.139. The average Bonchev–Trinajstić information content (AvgIpc) is 2.97. The van der Waals surface area contributed by atoms with Crippen molar-refractivity contribution in [2.75, 3.05) is 6.61 Å². The van der Waals surface area contributed by atoms with Crippen LogP contribution in [0, 0.1) is 0 Å². The van der Waals surface area contributed by atoms with E-state index in [1.807, 2.05) is 33.9 Å². The number of nitrogens with one attached hydrogen (secondary N) is 1. The number of nitrogens with two attached hydrogens (primary N) is 1. The number of H-pyrrole nitrogens is 1. The standard InChI is InChI=1S/C19H27F3N2O3Si/c1-7-26-16(25)18(23,19(20,21)22)12-11-24-13-9-8-10-14(15(12)13)27-28(5,6)17(2,3)4/h8-11,24H,7,23H2,1-6H3/t18-/m0/s1. The van der Waals surface area contributed by atoms with Crippen LogP contribution in [0.4, 0.5) is 13.2 Å². The van der Waals surface area contributed by atoms with Gasteiger partial charge in [-0.25, -0.2) is 4.79 Å². The number of hydrogen-bond acceptors (Lipinski definition) is 4. The molecule has 1 aromatic heterocycles. The number of benzene rings is 1. The van der Waals surface area contributed by atoms with Gasteiger partial charge in [0.15, 0.2) is 0 Å². The molecule has 0 aliphatic heterocycles. The normalized spacial score (nSPS) is 15.4. The highest BCUT2D eigenvalue weighted by Gasteiger charge is 2.61. The molecule has 3 N–H and O–H groups in total. The zero-order valence-electron chi connectivity index (χ0n) is 17.0. The van der Waals surface area contributed by atoms with E-state index >= 15 is 0 Å². The highest BCUT2D eigenvalue weighted by Crippen LogP contribution is 2.45. The van der Waals surface area contributed by atoms with Crippen LogP contribution >= 0.6 is 0 Å². The van der Waals surface area contributed by atoms with Gasteiger partial charge in [0.2, 0.25) is 5.54 Å². The number of alkyl halides is 3. The fourth-order valence-electron chi connectivity index (χ4n) is 2.60. The number of aromatic nitrogens is 1. The Morgan fingerprint density at radius 1 is 1.21 bits per heavy atom. The van der Waals surface area contributed by atoms with Gasteiger partial charge in [0.05, 0.1) is 6.61 Å². The number of fused-ring (bicyclic) bond motifs is 1. The van der Waals surface area contributed by atoms with Crippen LogP contribution in [0.15, 0.2) is 24.4 Å². The molecule has 1 aromatic carbocycles. The molecule has 0 saturated carbocycles. The summed E-state index contributed by atoms with van der Waals surface area (Å²) in [7, 11) is -2.36. The highest BCUT2D eigenvalue weighted by molar-refractivity contribution is 6.74. The molecule has 0 saturated heterocycles. The molecule has 1 heterocycles. The summed E-state index contributed by atoms with van der Waals surface area (Å²) in [5, 5.41) is -0.0310. The summed E-state index contributed by atoms with van der Waals surface area (Å²) in [5.41, 5.74) is 2.36. The number of carbonyl (C=O) groups is 1. The third kappa shape index (κ3) is 3.65. The second kappa shape index (κ2) is 7.11. The van der Waals surface area contributed by atoms with E-state index in [9.17, 15) is 18.0 Å². The van der Waals surface area contributed by atoms with Gasteiger partial charge in [-0.1, -0.05) is 26.8 Å². The van der Waals surface area contributed by atoms with Gasteiger partial charge >= 0.3 is 12.1 Å². The van der Waals surface area contributed by atoms with Gasteiger partial charge in [-0.3, -0.25) is 0 Å². The molecule has 0 bridgehead atoms. The van der Waals surface area contributed by atoms with Gasteiger partial charge in [-0.2, -0.15) is 13.2 Å². The molecule has 0 spiro atoms. The van der Waals surface area contributed by atoms with Gasteiger partial charge in [0.1, 0.15) is 5.75 Å². The van der Waals surface area contributed by atoms with Crippen molar-refractivity contribution in [1.29, 1.82) is 0 Å². The quantitative estimate of drug-likeness (QED) is 0.541. The number of aromatic amines is 1. The van der Waals surface area contributed by atoms with E-state index in [0.717, 1.165) is 6.20 Å². The van der Waals surface area contributed by atoms with E-state index in [-0.39, 0.29) is 22.8 Å². The van der Waals surface area contributed by atoms with Gasteiger partial charge in [0.25, 0.3) is 8.32 Å². The first-order chi connectivity index (χ1) is 12.7. The molecule has 0 radical (unpaired) electrons. The van der Waals surface area contributed by atoms with Crippen molar-refractivity contribution in [3.05, 3.63) is 30.0 Å². The van der Waals surface area contributed by atoms with Crippen LogP contribution in [0.5, 0.6) is 5.75 Å². The lowest BCUT2D eigenvalue weighted by Gasteiger charge is -2.37. The Labute approximate surface area is 163 Å². The lowest BCUT2D eigenvalue weighted by molar-refractivity contribution is -0.208. The molecule has 156 valence electrons. The third-order valence-electron chi connectivity index (χ3n) is 5.31. The lowest BCUT2D eigenvalue weighted by atomic mass is 9.89. The largest absolute Gasteiger partial charge is 0.543 e. The molecular formula is C19H27F3N2O3Si. The maximum absolute atomic E-state index is 14.0. The number of esters is 1. The molecule has 0 aliphatic carbocycles. The first kappa shape index (κ1) is 22.3. The maximum atomic E-state index is 14.0. The van der Waals surface area contributed by atoms with Crippen molar-refractivity contribution >= 4 is 25.2 Å². The molecular weight excluding hydrogens is 389 g/mol. The number of halogens is 3. The molecule has 5 nitrogen and oxygen atoms in total. The molecule has 0 amide bonds. The zero-order valence-corrected chi connectivity index (χ0v) is 18.0. The molecule has 28 heavy (non-hydrogen) atoms. The number of hydrogen-bond donors (Lipinski definition) is 2. The predicted molar refractivity (Wildman–Crippen MR) is 105 cm³/mol. The van der Waals surface area contributed by atoms with Crippen LogP contribution in [-0.2, 0) is 15.1 Å². The highest BCUT2D eigenvalue weighted by atomic mass is 28.4. The fraction of sp³-hybridized carbons (Fsp3) is 0.526. The van der Waals surface area contributed by atoms with E-state index in [1.165, 1.54) is 6.92 Å². The Bertz CT molecular complexity index is 871. The molecule has 1 atom stereocenters. The third-order valence-corrected chi connectivity index (χ3v) is 9.65. The van der Waals surface area contributed by atoms with Gasteiger partial charge < -0.3 is 19.9 Å². The SMILES string of the molecule is CCOC(=O)[C@@](N)(c1c[nH]c2cccc(O[Si](C)(C)C(C)(C)C)c12)C(F)(F)F. The van der Waals surface area contributed by atoms with Gasteiger partial charge in [-0.15, -0.1) is 0 Å². The van der Waals surface area contributed by atoms with Crippen molar-refractivity contribution in [1.82, 2.24) is 4.98 Å². The average molecular weight is 417 g/mol. The van der Waals surface area contributed by atoms with Gasteiger partial charge in [-0.05, 0) is 37.2 Å². The molecule has 2 rings (SSSR count). The maximum Gasteiger partial charge on any atom is 0.421 e. The second-order valence-corrected chi connectivity index (χ2v) is 13.0. The summed E-state index contributed by atoms with van der Waals surface area (Å²) in [6, 6.07) is 4.89. The number of carbonyl (C=O) groups excluding carboxylic acids is 1. The number of ether oxygens (including phenoxy) is 1. The predicted octanol–water partition coefficient (Wildman–Crippen LogP) is 4.83. The molecule has 0 fully saturated rings. The first-order valence-corrected chi connectivity index (χ1v) is 11.9. The van der Waals surface area contributed by atoms with Crippen LogP contribution in [0.2, 0.25) is 18.1 Å². The summed E-state index contributed by atoms with van der Waals surface area (Å²) in [6.07, 6.45) is -3.95. The van der Waals surface area contributed by atoms with E-state index in [1.54, 1.807) is 18.2 Å². The fourth-order valence-corrected chi connectivity index (χ4v) is 3.62. The molecule has 2 aromatic rings. The Hall–Kier alpha value is -2.00. The van der Waals surface area contributed by atoms with Crippen molar-refractivity contribution in [3.63, 3.8) is 0 Å². The van der Waals surface area contributed by atoms with E-state index in [0.29, 0.717) is 5.52 Å². The summed E-state index contributed by atoms with van der Waals surface area (Å²) >= 11 is 0. The molecule has 0 aliphatic rings. The monoisotopic (exact) mass is 416 g/mol. The summed E-state index contributed by atoms with van der Waals surface area (Å²) in [4.78, 5) is 15.1. The van der Waals surface area contributed by atoms with E-state index < -0.39 is 31.6 Å². The summed E-state index contributed by atoms with van der Waals surface area (Å²) < 4.78 is 52.8. The van der Waals surface area contributed by atoms with Crippen molar-refractivity contribution in [2.24, 2.45) is 5.73 Å². The van der Waals surface area contributed by atoms with Crippen LogP contribution in [0.1, 0.15) is 33.3 Å². The zero-order chi connectivity index (χ0) is 21.5. The summed E-state index contributed by atoms with van der Waals surface area (Å²) in [5.74, 6) is -1.28. The molecule has 9 heteroatoms. The number of rotatable bonds is 5. The van der Waals surface area contributed by atoms with Crippen LogP contribution in [-0.4, -0.2) is 32.1 Å². The smallest absolute Gasteiger partial charge is 0.421 e. The van der Waals surface area contributed by atoms with Crippen LogP contribution in [0.25, 0.3) is 10.9 Å². The minimum Gasteiger partial charge on any atom is -0.543 e.